The molecule has 1 rings (SSSR count). The van der Waals surface area contributed by atoms with Crippen LogP contribution in [0.3, 0.4) is 0 Å². The van der Waals surface area contributed by atoms with Crippen molar-refractivity contribution in [3.05, 3.63) is 47.8 Å². The monoisotopic (exact) mass is 239 g/mol. The number of rotatable bonds is 4. The van der Waals surface area contributed by atoms with Gasteiger partial charge in [0.15, 0.2) is 0 Å². The van der Waals surface area contributed by atoms with Crippen molar-refractivity contribution >= 4 is 11.8 Å². The van der Waals surface area contributed by atoms with Crippen molar-refractivity contribution in [1.82, 2.24) is 0 Å². The van der Waals surface area contributed by atoms with E-state index in [-0.39, 0.29) is 30.9 Å². The zero-order chi connectivity index (χ0) is 12.7. The molecule has 0 bridgehead atoms. The second-order valence-corrected chi connectivity index (χ2v) is 4.07. The van der Waals surface area contributed by atoms with E-state index in [1.807, 2.05) is 51.1 Å². The molecule has 0 heterocycles. The second-order valence-electron chi connectivity index (χ2n) is 4.07. The minimum atomic E-state index is -0.548. The Kier molecular flexibility index (Phi) is 8.27. The summed E-state index contributed by atoms with van der Waals surface area (Å²) in [5.74, 6) is 0.237. The van der Waals surface area contributed by atoms with Gasteiger partial charge in [0.05, 0.1) is 0 Å². The molecule has 0 saturated heterocycles. The van der Waals surface area contributed by atoms with Crippen LogP contribution in [0.25, 0.3) is 5.32 Å². The Morgan fingerprint density at radius 2 is 1.89 bits per heavy atom. The van der Waals surface area contributed by atoms with Gasteiger partial charge in [0.2, 0.25) is 6.09 Å². The maximum absolute atomic E-state index is 11.6. The summed E-state index contributed by atoms with van der Waals surface area (Å²) in [6, 6.07) is 9.07. The first kappa shape index (κ1) is 16.8. The second kappa shape index (κ2) is 8.85. The summed E-state index contributed by atoms with van der Waals surface area (Å²) in [6.45, 7) is 5.90. The molecule has 1 atom stereocenters. The maximum atomic E-state index is 11.6. The maximum Gasteiger partial charge on any atom is 1.00 e. The van der Waals surface area contributed by atoms with Gasteiger partial charge in [-0.3, -0.25) is 4.79 Å². The number of para-hydroxylation sites is 1. The predicted molar refractivity (Wildman–Crippen MR) is 69.4 cm³/mol. The van der Waals surface area contributed by atoms with Gasteiger partial charge in [0.25, 0.3) is 0 Å². The van der Waals surface area contributed by atoms with E-state index < -0.39 is 6.09 Å². The first-order chi connectivity index (χ1) is 8.13. The van der Waals surface area contributed by atoms with E-state index in [2.05, 4.69) is 5.32 Å². The Hall–Kier alpha value is -1.17. The number of carbonyl (C=O) groups is 1. The first-order valence-corrected chi connectivity index (χ1v) is 5.73. The molecule has 0 aromatic heterocycles. The topological polar surface area (TPSA) is 40.4 Å². The predicted octanol–water partition coefficient (Wildman–Crippen LogP) is 1.43. The fourth-order valence-corrected chi connectivity index (χ4v) is 1.34. The van der Waals surface area contributed by atoms with Crippen molar-refractivity contribution in [2.24, 2.45) is 5.92 Å². The van der Waals surface area contributed by atoms with E-state index in [1.165, 1.54) is 0 Å². The van der Waals surface area contributed by atoms with Crippen molar-refractivity contribution in [2.45, 2.75) is 26.9 Å². The molecule has 1 unspecified atom stereocenters. The van der Waals surface area contributed by atoms with Crippen LogP contribution in [0.1, 0.15) is 20.8 Å². The van der Waals surface area contributed by atoms with Gasteiger partial charge in [0.1, 0.15) is 6.10 Å². The molecule has 18 heavy (non-hydrogen) atoms. The van der Waals surface area contributed by atoms with E-state index in [0.29, 0.717) is 5.69 Å². The Morgan fingerprint density at radius 3 is 2.39 bits per heavy atom. The van der Waals surface area contributed by atoms with Gasteiger partial charge >= 0.3 is 18.9 Å². The molecule has 0 radical (unpaired) electrons. The van der Waals surface area contributed by atoms with E-state index >= 15 is 0 Å². The number of benzene rings is 1. The van der Waals surface area contributed by atoms with Crippen LogP contribution in [0, 0.1) is 5.92 Å². The van der Waals surface area contributed by atoms with Crippen LogP contribution >= 0.6 is 0 Å². The van der Waals surface area contributed by atoms with Crippen LogP contribution in [0.2, 0.25) is 0 Å². The van der Waals surface area contributed by atoms with E-state index in [9.17, 15) is 4.79 Å². The van der Waals surface area contributed by atoms with Gasteiger partial charge in [-0.15, -0.1) is 5.69 Å². The fraction of sp³-hybridized carbons (Fsp3) is 0.357. The van der Waals surface area contributed by atoms with Gasteiger partial charge in [-0.2, -0.15) is 0 Å². The molecule has 0 aliphatic carbocycles. The van der Waals surface area contributed by atoms with Gasteiger partial charge in [-0.1, -0.05) is 50.3 Å². The molecule has 0 aliphatic rings. The third kappa shape index (κ3) is 5.95. The average Bonchev–Trinajstić information content (AvgIpc) is 2.29. The summed E-state index contributed by atoms with van der Waals surface area (Å²) in [5, 5.41) is 3.87. The molecule has 1 aromatic carbocycles. The van der Waals surface area contributed by atoms with Crippen molar-refractivity contribution in [2.75, 3.05) is 0 Å². The summed E-state index contributed by atoms with van der Waals surface area (Å²) >= 11 is 0. The Morgan fingerprint density at radius 1 is 1.28 bits per heavy atom. The van der Waals surface area contributed by atoms with Crippen LogP contribution in [-0.4, -0.2) is 12.2 Å². The van der Waals surface area contributed by atoms with Crippen molar-refractivity contribution in [1.29, 1.82) is 0 Å². The Labute approximate surface area is 121 Å². The summed E-state index contributed by atoms with van der Waals surface area (Å²) in [5.41, 5.74) is 0.612. The van der Waals surface area contributed by atoms with Gasteiger partial charge in [-0.25, -0.2) is 0 Å². The molecule has 0 aliphatic heterocycles. The van der Waals surface area contributed by atoms with Crippen molar-refractivity contribution < 1.29 is 28.4 Å². The molecular weight excluding hydrogens is 221 g/mol. The zero-order valence-electron chi connectivity index (χ0n) is 11.5. The van der Waals surface area contributed by atoms with Crippen LogP contribution < -0.4 is 18.9 Å². The summed E-state index contributed by atoms with van der Waals surface area (Å²) in [4.78, 5) is 11.6. The minimum absolute atomic E-state index is 0. The van der Waals surface area contributed by atoms with Gasteiger partial charge in [-0.05, 0) is 18.9 Å². The smallest absolute Gasteiger partial charge is 0.591 e. The number of allylic oxidation sites excluding steroid dienone is 1. The average molecular weight is 239 g/mol. The number of amides is 1. The molecule has 4 heteroatoms. The largest absolute Gasteiger partial charge is 1.00 e. The number of hydrogen-bond acceptors (Lipinski definition) is 2. The minimum Gasteiger partial charge on any atom is -0.591 e. The molecule has 1 amide bonds. The molecule has 3 nitrogen and oxygen atoms in total. The quantitative estimate of drug-likeness (QED) is 0.589. The normalized spacial score (nSPS) is 12.0. The van der Waals surface area contributed by atoms with Crippen LogP contribution in [0.5, 0.6) is 0 Å². The van der Waals surface area contributed by atoms with Gasteiger partial charge < -0.3 is 10.1 Å². The molecule has 0 N–H and O–H groups in total. The third-order valence-electron chi connectivity index (χ3n) is 2.25. The summed E-state index contributed by atoms with van der Waals surface area (Å²) < 4.78 is 5.26. The fourth-order valence-electron chi connectivity index (χ4n) is 1.34. The Bertz CT molecular complexity index is 377. The van der Waals surface area contributed by atoms with E-state index in [4.69, 9.17) is 4.74 Å². The molecule has 92 valence electrons. The van der Waals surface area contributed by atoms with Crippen LogP contribution in [-0.2, 0) is 4.74 Å². The molecular formula is C14H18LiNO2. The van der Waals surface area contributed by atoms with Gasteiger partial charge in [0, 0.05) is 0 Å². The SMILES string of the molecule is C/C=C/C(OC(=O)[N-]c1ccccc1)C(C)C.[Li+]. The van der Waals surface area contributed by atoms with Crippen LogP contribution in [0.4, 0.5) is 10.5 Å². The summed E-state index contributed by atoms with van der Waals surface area (Å²) in [6.07, 6.45) is 2.97. The molecule has 0 fully saturated rings. The molecule has 0 spiro atoms. The van der Waals surface area contributed by atoms with E-state index in [0.717, 1.165) is 0 Å². The number of hydrogen-bond donors (Lipinski definition) is 0. The standard InChI is InChI=1S/C14H19NO2.Li/c1-4-8-13(11(2)3)17-14(16)15-12-9-6-5-7-10-12;/h4-11,13H,1-3H3,(H,15,16);/q;+1/p-1/b8-4+;. The molecule has 1 aromatic rings. The first-order valence-electron chi connectivity index (χ1n) is 5.73. The number of ether oxygens (including phenoxy) is 1. The van der Waals surface area contributed by atoms with Crippen molar-refractivity contribution in [3.63, 3.8) is 0 Å². The third-order valence-corrected chi connectivity index (χ3v) is 2.25. The number of nitrogens with zero attached hydrogens (tertiary/aromatic N) is 1. The molecule has 0 saturated carbocycles. The zero-order valence-corrected chi connectivity index (χ0v) is 11.5. The summed E-state index contributed by atoms with van der Waals surface area (Å²) in [7, 11) is 0. The van der Waals surface area contributed by atoms with Crippen LogP contribution in [0.15, 0.2) is 42.5 Å². The van der Waals surface area contributed by atoms with E-state index in [1.54, 1.807) is 12.1 Å². The number of carbonyl (C=O) groups excluding carboxylic acids is 1. The van der Waals surface area contributed by atoms with Crippen molar-refractivity contribution in [3.8, 4) is 0 Å². The Balaban J connectivity index is 0.00000289.